The maximum atomic E-state index is 13.0. The number of sulfonamides is 2. The van der Waals surface area contributed by atoms with Crippen LogP contribution in [0.2, 0.25) is 0 Å². The molecule has 3 aromatic carbocycles. The lowest BCUT2D eigenvalue weighted by Crippen LogP contribution is -2.26. The van der Waals surface area contributed by atoms with E-state index in [1.165, 1.54) is 59.1 Å². The Kier molecular flexibility index (Phi) is 7.14. The Hall–Kier alpha value is -3.32. The van der Waals surface area contributed by atoms with E-state index in [1.807, 2.05) is 11.5 Å². The van der Waals surface area contributed by atoms with Crippen LogP contribution in [-0.4, -0.2) is 34.4 Å². The zero-order valence-electron chi connectivity index (χ0n) is 19.5. The number of fused-ring (bicyclic) bond motifs is 1. The molecule has 0 spiro atoms. The van der Waals surface area contributed by atoms with Gasteiger partial charge in [-0.05, 0) is 61.0 Å². The monoisotopic (exact) mass is 544 g/mol. The summed E-state index contributed by atoms with van der Waals surface area (Å²) in [6.07, 6.45) is 0.769. The van der Waals surface area contributed by atoms with Gasteiger partial charge in [0.15, 0.2) is 4.80 Å². The number of benzene rings is 3. The fourth-order valence-electron chi connectivity index (χ4n) is 3.61. The summed E-state index contributed by atoms with van der Waals surface area (Å²) in [4.78, 5) is 17.6. The molecule has 4 rings (SSSR count). The lowest BCUT2D eigenvalue weighted by Gasteiger charge is -2.19. The van der Waals surface area contributed by atoms with Gasteiger partial charge in [-0.15, -0.1) is 0 Å². The smallest absolute Gasteiger partial charge is 0.279 e. The third-order valence-corrected chi connectivity index (χ3v) is 9.26. The van der Waals surface area contributed by atoms with E-state index in [2.05, 4.69) is 4.99 Å². The zero-order valence-corrected chi connectivity index (χ0v) is 22.0. The standard InChI is InChI=1S/C24H24N4O5S3/c1-3-15-28-21-14-13-20(35(25,30)31)16-22(21)34-24(28)26-23(29)17-9-11-19(12-10-17)36(32,33)27(2)18-7-5-4-6-8-18/h4-14,16H,3,15H2,1-2H3,(H2,25,30,31). The van der Waals surface area contributed by atoms with Crippen molar-refractivity contribution in [3.8, 4) is 0 Å². The maximum Gasteiger partial charge on any atom is 0.279 e. The van der Waals surface area contributed by atoms with Gasteiger partial charge in [-0.2, -0.15) is 4.99 Å². The molecule has 0 aliphatic carbocycles. The fourth-order valence-corrected chi connectivity index (χ4v) is 6.51. The molecule has 1 heterocycles. The Labute approximate surface area is 213 Å². The van der Waals surface area contributed by atoms with Gasteiger partial charge in [0.1, 0.15) is 0 Å². The van der Waals surface area contributed by atoms with Gasteiger partial charge in [-0.1, -0.05) is 36.5 Å². The van der Waals surface area contributed by atoms with E-state index in [0.29, 0.717) is 21.7 Å². The number of aryl methyl sites for hydroxylation is 1. The molecule has 0 radical (unpaired) electrons. The molecule has 12 heteroatoms. The third-order valence-electron chi connectivity index (χ3n) is 5.51. The van der Waals surface area contributed by atoms with Crippen LogP contribution < -0.4 is 14.2 Å². The molecular formula is C24H24N4O5S3. The SMILES string of the molecule is CCCn1c(=NC(=O)c2ccc(S(=O)(=O)N(C)c3ccccc3)cc2)sc2cc(S(N)(=O)=O)ccc21. The molecule has 1 amide bonds. The molecule has 2 N–H and O–H groups in total. The number of carbonyl (C=O) groups excluding carboxylic acids is 1. The van der Waals surface area contributed by atoms with Crippen LogP contribution >= 0.6 is 11.3 Å². The largest absolute Gasteiger partial charge is 0.316 e. The van der Waals surface area contributed by atoms with Gasteiger partial charge in [-0.25, -0.2) is 22.0 Å². The predicted molar refractivity (Wildman–Crippen MR) is 140 cm³/mol. The summed E-state index contributed by atoms with van der Waals surface area (Å²) in [5.74, 6) is -0.543. The Morgan fingerprint density at radius 2 is 1.61 bits per heavy atom. The normalized spacial score (nSPS) is 12.7. The fraction of sp³-hybridized carbons (Fsp3) is 0.167. The lowest BCUT2D eigenvalue weighted by atomic mass is 10.2. The third kappa shape index (κ3) is 5.12. The number of hydrogen-bond acceptors (Lipinski definition) is 6. The first-order valence-corrected chi connectivity index (χ1v) is 14.7. The van der Waals surface area contributed by atoms with Gasteiger partial charge in [-0.3, -0.25) is 9.10 Å². The number of nitrogens with two attached hydrogens (primary N) is 1. The Morgan fingerprint density at radius 1 is 0.972 bits per heavy atom. The van der Waals surface area contributed by atoms with Crippen molar-refractivity contribution in [2.45, 2.75) is 29.7 Å². The average Bonchev–Trinajstić information content (AvgIpc) is 3.20. The molecule has 188 valence electrons. The first-order valence-electron chi connectivity index (χ1n) is 10.9. The van der Waals surface area contributed by atoms with Crippen molar-refractivity contribution in [2.75, 3.05) is 11.4 Å². The van der Waals surface area contributed by atoms with E-state index in [9.17, 15) is 21.6 Å². The topological polar surface area (TPSA) is 132 Å². The summed E-state index contributed by atoms with van der Waals surface area (Å²) >= 11 is 1.18. The lowest BCUT2D eigenvalue weighted by molar-refractivity contribution is 0.0997. The van der Waals surface area contributed by atoms with Crippen molar-refractivity contribution in [1.82, 2.24) is 4.57 Å². The zero-order chi connectivity index (χ0) is 26.1. The average molecular weight is 545 g/mol. The van der Waals surface area contributed by atoms with Gasteiger partial charge in [0.25, 0.3) is 15.9 Å². The molecule has 1 aromatic heterocycles. The number of amides is 1. The van der Waals surface area contributed by atoms with Gasteiger partial charge in [0.2, 0.25) is 10.0 Å². The van der Waals surface area contributed by atoms with E-state index in [4.69, 9.17) is 5.14 Å². The quantitative estimate of drug-likeness (QED) is 0.381. The van der Waals surface area contributed by atoms with Crippen LogP contribution in [0.3, 0.4) is 0 Å². The highest BCUT2D eigenvalue weighted by Gasteiger charge is 2.21. The highest BCUT2D eigenvalue weighted by atomic mass is 32.2. The molecular weight excluding hydrogens is 520 g/mol. The number of rotatable bonds is 7. The van der Waals surface area contributed by atoms with Crippen molar-refractivity contribution in [3.05, 3.63) is 83.2 Å². The molecule has 0 unspecified atom stereocenters. The minimum Gasteiger partial charge on any atom is -0.316 e. The molecule has 4 aromatic rings. The van der Waals surface area contributed by atoms with Crippen molar-refractivity contribution in [3.63, 3.8) is 0 Å². The maximum absolute atomic E-state index is 13.0. The number of anilines is 1. The summed E-state index contributed by atoms with van der Waals surface area (Å²) in [6.45, 7) is 2.55. The van der Waals surface area contributed by atoms with Gasteiger partial charge < -0.3 is 4.57 Å². The highest BCUT2D eigenvalue weighted by molar-refractivity contribution is 7.92. The van der Waals surface area contributed by atoms with E-state index in [-0.39, 0.29) is 15.4 Å². The van der Waals surface area contributed by atoms with Crippen molar-refractivity contribution < 1.29 is 21.6 Å². The summed E-state index contributed by atoms with van der Waals surface area (Å²) in [5.41, 5.74) is 1.48. The molecule has 0 saturated heterocycles. The molecule has 0 aliphatic rings. The van der Waals surface area contributed by atoms with E-state index >= 15 is 0 Å². The van der Waals surface area contributed by atoms with Gasteiger partial charge in [0.05, 0.1) is 25.7 Å². The molecule has 0 fully saturated rings. The number of para-hydroxylation sites is 1. The Bertz CT molecular complexity index is 1710. The summed E-state index contributed by atoms with van der Waals surface area (Å²) in [5, 5.41) is 5.25. The van der Waals surface area contributed by atoms with Crippen LogP contribution in [0, 0.1) is 0 Å². The van der Waals surface area contributed by atoms with Crippen molar-refractivity contribution >= 4 is 53.2 Å². The van der Waals surface area contributed by atoms with Crippen LogP contribution in [0.5, 0.6) is 0 Å². The van der Waals surface area contributed by atoms with E-state index in [1.54, 1.807) is 36.4 Å². The molecule has 9 nitrogen and oxygen atoms in total. The highest BCUT2D eigenvalue weighted by Crippen LogP contribution is 2.23. The molecule has 0 atom stereocenters. The molecule has 36 heavy (non-hydrogen) atoms. The molecule has 0 bridgehead atoms. The van der Waals surface area contributed by atoms with Gasteiger partial charge >= 0.3 is 0 Å². The van der Waals surface area contributed by atoms with Gasteiger partial charge in [0, 0.05) is 19.2 Å². The Morgan fingerprint density at radius 3 is 2.22 bits per heavy atom. The van der Waals surface area contributed by atoms with E-state index in [0.717, 1.165) is 11.9 Å². The minimum absolute atomic E-state index is 0.0185. The van der Waals surface area contributed by atoms with Crippen molar-refractivity contribution in [2.24, 2.45) is 10.1 Å². The second-order valence-electron chi connectivity index (χ2n) is 7.96. The predicted octanol–water partition coefficient (Wildman–Crippen LogP) is 3.33. The number of nitrogens with zero attached hydrogens (tertiary/aromatic N) is 3. The summed E-state index contributed by atoms with van der Waals surface area (Å²) in [7, 11) is -6.21. The number of primary sulfonamides is 1. The number of thiazole rings is 1. The second kappa shape index (κ2) is 9.97. The molecule has 0 saturated carbocycles. The second-order valence-corrected chi connectivity index (χ2v) is 12.5. The number of hydrogen-bond donors (Lipinski definition) is 1. The minimum atomic E-state index is -3.87. The summed E-state index contributed by atoms with van der Waals surface area (Å²) in [6, 6.07) is 18.8. The van der Waals surface area contributed by atoms with Crippen LogP contribution in [-0.2, 0) is 26.6 Å². The van der Waals surface area contributed by atoms with E-state index < -0.39 is 26.0 Å². The first-order chi connectivity index (χ1) is 17.0. The first kappa shape index (κ1) is 25.8. The molecule has 0 aliphatic heterocycles. The Balaban J connectivity index is 1.68. The van der Waals surface area contributed by atoms with Crippen LogP contribution in [0.15, 0.2) is 87.6 Å². The number of carbonyl (C=O) groups is 1. The van der Waals surface area contributed by atoms with Crippen LogP contribution in [0.25, 0.3) is 10.2 Å². The van der Waals surface area contributed by atoms with Crippen molar-refractivity contribution in [1.29, 1.82) is 0 Å². The van der Waals surface area contributed by atoms with Crippen LogP contribution in [0.1, 0.15) is 23.7 Å². The number of aromatic nitrogens is 1. The van der Waals surface area contributed by atoms with Crippen LogP contribution in [0.4, 0.5) is 5.69 Å². The summed E-state index contributed by atoms with van der Waals surface area (Å²) < 4.78 is 53.1.